The van der Waals surface area contributed by atoms with Crippen molar-refractivity contribution < 1.29 is 0 Å². The van der Waals surface area contributed by atoms with Crippen LogP contribution in [0.1, 0.15) is 48.1 Å². The lowest BCUT2D eigenvalue weighted by Crippen LogP contribution is -2.38. The van der Waals surface area contributed by atoms with Crippen molar-refractivity contribution in [3.05, 3.63) is 34.0 Å². The minimum atomic E-state index is 0.179. The maximum Gasteiger partial charge on any atom is 0.0897 e. The minimum absolute atomic E-state index is 0.179. The van der Waals surface area contributed by atoms with E-state index in [0.717, 1.165) is 29.2 Å². The van der Waals surface area contributed by atoms with E-state index in [2.05, 4.69) is 32.7 Å². The van der Waals surface area contributed by atoms with Gasteiger partial charge in [-0.05, 0) is 25.8 Å². The molecule has 0 aliphatic heterocycles. The van der Waals surface area contributed by atoms with E-state index in [-0.39, 0.29) is 6.04 Å². The molecule has 5 nitrogen and oxygen atoms in total. The fourth-order valence-electron chi connectivity index (χ4n) is 3.06. The Kier molecular flexibility index (Phi) is 4.67. The van der Waals surface area contributed by atoms with E-state index in [4.69, 9.17) is 10.9 Å². The van der Waals surface area contributed by atoms with E-state index in [1.54, 1.807) is 11.3 Å². The first-order chi connectivity index (χ1) is 10.2. The fraction of sp³-hybridized carbons (Fsp3) is 0.600. The van der Waals surface area contributed by atoms with Crippen molar-refractivity contribution in [2.24, 2.45) is 5.84 Å². The standard InChI is InChI=1S/C15H23N5S/c1-11-17-14(10-21-11)9-13(18-16)8-12-6-7-20(19-12)15-4-2-3-5-15/h6-7,10,13,15,18H,2-5,8-9,16H2,1H3. The number of aromatic nitrogens is 3. The van der Waals surface area contributed by atoms with Gasteiger partial charge in [0.15, 0.2) is 0 Å². The third kappa shape index (κ3) is 3.70. The van der Waals surface area contributed by atoms with E-state index < -0.39 is 0 Å². The van der Waals surface area contributed by atoms with Crippen LogP contribution < -0.4 is 11.3 Å². The van der Waals surface area contributed by atoms with Crippen LogP contribution in [0, 0.1) is 6.92 Å². The Morgan fingerprint density at radius 1 is 1.38 bits per heavy atom. The van der Waals surface area contributed by atoms with Gasteiger partial charge in [0.25, 0.3) is 0 Å². The minimum Gasteiger partial charge on any atom is -0.271 e. The summed E-state index contributed by atoms with van der Waals surface area (Å²) < 4.78 is 2.14. The monoisotopic (exact) mass is 305 g/mol. The Balaban J connectivity index is 1.61. The average molecular weight is 305 g/mol. The number of nitrogens with one attached hydrogen (secondary N) is 1. The van der Waals surface area contributed by atoms with Crippen LogP contribution in [0.5, 0.6) is 0 Å². The summed E-state index contributed by atoms with van der Waals surface area (Å²) in [5.74, 6) is 5.70. The van der Waals surface area contributed by atoms with Crippen LogP contribution in [0.4, 0.5) is 0 Å². The smallest absolute Gasteiger partial charge is 0.0897 e. The summed E-state index contributed by atoms with van der Waals surface area (Å²) in [7, 11) is 0. The number of hydrogen-bond donors (Lipinski definition) is 2. The molecule has 2 aromatic heterocycles. The first-order valence-electron chi connectivity index (χ1n) is 7.66. The molecule has 0 spiro atoms. The van der Waals surface area contributed by atoms with Crippen molar-refractivity contribution in [1.29, 1.82) is 0 Å². The molecule has 0 saturated heterocycles. The number of thiazole rings is 1. The summed E-state index contributed by atoms with van der Waals surface area (Å²) in [5, 5.41) is 7.94. The maximum absolute atomic E-state index is 5.70. The van der Waals surface area contributed by atoms with Gasteiger partial charge in [0.2, 0.25) is 0 Å². The lowest BCUT2D eigenvalue weighted by molar-refractivity contribution is 0.454. The highest BCUT2D eigenvalue weighted by molar-refractivity contribution is 7.09. The van der Waals surface area contributed by atoms with Crippen molar-refractivity contribution in [3.8, 4) is 0 Å². The van der Waals surface area contributed by atoms with Crippen LogP contribution >= 0.6 is 11.3 Å². The molecule has 3 N–H and O–H groups in total. The number of nitrogens with two attached hydrogens (primary N) is 1. The van der Waals surface area contributed by atoms with Crippen molar-refractivity contribution in [1.82, 2.24) is 20.2 Å². The number of aryl methyl sites for hydroxylation is 1. The average Bonchev–Trinajstić information content (AvgIpc) is 3.19. The number of hydrogen-bond acceptors (Lipinski definition) is 5. The SMILES string of the molecule is Cc1nc(CC(Cc2ccn(C3CCCC3)n2)NN)cs1. The van der Waals surface area contributed by atoms with Crippen molar-refractivity contribution >= 4 is 11.3 Å². The van der Waals surface area contributed by atoms with E-state index in [1.807, 2.05) is 6.92 Å². The van der Waals surface area contributed by atoms with Crippen LogP contribution in [0.3, 0.4) is 0 Å². The predicted octanol–water partition coefficient (Wildman–Crippen LogP) is 2.38. The molecule has 1 aliphatic rings. The third-order valence-electron chi connectivity index (χ3n) is 4.18. The van der Waals surface area contributed by atoms with Gasteiger partial charge in [-0.3, -0.25) is 16.0 Å². The number of nitrogens with zero attached hydrogens (tertiary/aromatic N) is 3. The summed E-state index contributed by atoms with van der Waals surface area (Å²) in [4.78, 5) is 4.51. The van der Waals surface area contributed by atoms with Crippen molar-refractivity contribution in [3.63, 3.8) is 0 Å². The zero-order valence-electron chi connectivity index (χ0n) is 12.5. The zero-order chi connectivity index (χ0) is 14.7. The molecule has 0 radical (unpaired) electrons. The first kappa shape index (κ1) is 14.7. The molecular weight excluding hydrogens is 282 g/mol. The molecule has 0 aromatic carbocycles. The van der Waals surface area contributed by atoms with Gasteiger partial charge in [0.05, 0.1) is 22.4 Å². The lowest BCUT2D eigenvalue weighted by Gasteiger charge is -2.13. The van der Waals surface area contributed by atoms with Crippen molar-refractivity contribution in [2.75, 3.05) is 0 Å². The number of rotatable bonds is 6. The highest BCUT2D eigenvalue weighted by atomic mass is 32.1. The summed E-state index contributed by atoms with van der Waals surface area (Å²) >= 11 is 1.68. The molecule has 2 heterocycles. The Morgan fingerprint density at radius 2 is 2.14 bits per heavy atom. The quantitative estimate of drug-likeness (QED) is 0.635. The maximum atomic E-state index is 5.70. The van der Waals surface area contributed by atoms with Gasteiger partial charge in [-0.1, -0.05) is 12.8 Å². The van der Waals surface area contributed by atoms with Crippen LogP contribution in [0.2, 0.25) is 0 Å². The van der Waals surface area contributed by atoms with Crippen LogP contribution in [0.15, 0.2) is 17.6 Å². The molecule has 2 aromatic rings. The van der Waals surface area contributed by atoms with Crippen molar-refractivity contribution in [2.45, 2.75) is 57.5 Å². The van der Waals surface area contributed by atoms with Gasteiger partial charge in [-0.15, -0.1) is 11.3 Å². The van der Waals surface area contributed by atoms with Gasteiger partial charge < -0.3 is 0 Å². The van der Waals surface area contributed by atoms with Gasteiger partial charge in [-0.25, -0.2) is 4.98 Å². The summed E-state index contributed by atoms with van der Waals surface area (Å²) in [6, 6.07) is 2.90. The Labute approximate surface area is 129 Å². The van der Waals surface area contributed by atoms with Gasteiger partial charge >= 0.3 is 0 Å². The fourth-order valence-corrected chi connectivity index (χ4v) is 3.68. The molecule has 1 unspecified atom stereocenters. The van der Waals surface area contributed by atoms with E-state index in [1.165, 1.54) is 25.7 Å². The lowest BCUT2D eigenvalue weighted by atomic mass is 10.1. The second kappa shape index (κ2) is 6.68. The summed E-state index contributed by atoms with van der Waals surface area (Å²) in [5.41, 5.74) is 5.12. The van der Waals surface area contributed by atoms with Gasteiger partial charge in [0.1, 0.15) is 0 Å². The van der Waals surface area contributed by atoms with Crippen LogP contribution in [-0.4, -0.2) is 20.8 Å². The Morgan fingerprint density at radius 3 is 2.81 bits per heavy atom. The molecule has 114 valence electrons. The number of hydrazine groups is 1. The Hall–Kier alpha value is -1.24. The van der Waals surface area contributed by atoms with Crippen LogP contribution in [-0.2, 0) is 12.8 Å². The molecule has 0 amide bonds. The predicted molar refractivity (Wildman–Crippen MR) is 85.1 cm³/mol. The second-order valence-electron chi connectivity index (χ2n) is 5.86. The molecule has 6 heteroatoms. The van der Waals surface area contributed by atoms with E-state index >= 15 is 0 Å². The third-order valence-corrected chi connectivity index (χ3v) is 5.00. The zero-order valence-corrected chi connectivity index (χ0v) is 13.3. The molecule has 1 saturated carbocycles. The highest BCUT2D eigenvalue weighted by Gasteiger charge is 2.18. The van der Waals surface area contributed by atoms with Gasteiger partial charge in [-0.2, -0.15) is 5.10 Å². The largest absolute Gasteiger partial charge is 0.271 e. The second-order valence-corrected chi connectivity index (χ2v) is 6.92. The molecule has 3 rings (SSSR count). The summed E-state index contributed by atoms with van der Waals surface area (Å²) in [6.45, 7) is 2.03. The van der Waals surface area contributed by atoms with E-state index in [0.29, 0.717) is 6.04 Å². The molecule has 0 bridgehead atoms. The molecule has 1 aliphatic carbocycles. The Bertz CT molecular complexity index is 570. The van der Waals surface area contributed by atoms with Crippen LogP contribution in [0.25, 0.3) is 0 Å². The molecule has 21 heavy (non-hydrogen) atoms. The van der Waals surface area contributed by atoms with Gasteiger partial charge in [0, 0.05) is 30.5 Å². The molecule has 1 atom stereocenters. The first-order valence-corrected chi connectivity index (χ1v) is 8.53. The molecule has 1 fully saturated rings. The topological polar surface area (TPSA) is 68.8 Å². The normalized spacial score (nSPS) is 17.4. The molecular formula is C15H23N5S. The summed E-state index contributed by atoms with van der Waals surface area (Å²) in [6.07, 6.45) is 8.98. The van der Waals surface area contributed by atoms with E-state index in [9.17, 15) is 0 Å². The highest BCUT2D eigenvalue weighted by Crippen LogP contribution is 2.28.